The Labute approximate surface area is 155 Å². The molecular weight excluding hydrogens is 350 g/mol. The van der Waals surface area contributed by atoms with Gasteiger partial charge in [0.05, 0.1) is 18.6 Å². The van der Waals surface area contributed by atoms with Gasteiger partial charge in [0.2, 0.25) is 0 Å². The predicted molar refractivity (Wildman–Crippen MR) is 101 cm³/mol. The number of rotatable bonds is 7. The molecule has 0 aliphatic heterocycles. The molecule has 2 aromatic carbocycles. The van der Waals surface area contributed by atoms with Crippen molar-refractivity contribution >= 4 is 28.2 Å². The van der Waals surface area contributed by atoms with E-state index in [2.05, 4.69) is 10.3 Å². The minimum absolute atomic E-state index is 0.0459. The van der Waals surface area contributed by atoms with Crippen LogP contribution in [-0.2, 0) is 9.53 Å². The first-order valence-corrected chi connectivity index (χ1v) is 8.36. The van der Waals surface area contributed by atoms with Crippen molar-refractivity contribution in [1.29, 1.82) is 0 Å². The second kappa shape index (κ2) is 7.77. The zero-order valence-corrected chi connectivity index (χ0v) is 14.9. The van der Waals surface area contributed by atoms with Gasteiger partial charge in [-0.3, -0.25) is 10.1 Å². The van der Waals surface area contributed by atoms with Crippen LogP contribution in [0, 0.1) is 10.1 Å². The first-order chi connectivity index (χ1) is 13.0. The number of carbonyl (C=O) groups excluding carboxylic acids is 1. The lowest BCUT2D eigenvalue weighted by atomic mass is 10.0. The van der Waals surface area contributed by atoms with Gasteiger partial charge in [0.15, 0.2) is 6.04 Å². The number of carbonyl (C=O) groups is 1. The average molecular weight is 369 g/mol. The average Bonchev–Trinajstić information content (AvgIpc) is 3.09. The maximum Gasteiger partial charge on any atom is 0.333 e. The van der Waals surface area contributed by atoms with E-state index in [1.54, 1.807) is 50.6 Å². The van der Waals surface area contributed by atoms with E-state index in [1.165, 1.54) is 12.1 Å². The highest BCUT2D eigenvalue weighted by Gasteiger charge is 2.26. The lowest BCUT2D eigenvalue weighted by Gasteiger charge is -2.18. The van der Waals surface area contributed by atoms with Gasteiger partial charge < -0.3 is 19.8 Å². The maximum absolute atomic E-state index is 12.6. The minimum Gasteiger partial charge on any atom is -0.497 e. The van der Waals surface area contributed by atoms with Crippen LogP contribution in [0.3, 0.4) is 0 Å². The number of aromatic amines is 1. The second-order valence-corrected chi connectivity index (χ2v) is 5.79. The first kappa shape index (κ1) is 18.2. The van der Waals surface area contributed by atoms with Gasteiger partial charge in [-0.25, -0.2) is 4.79 Å². The molecule has 0 bridgehead atoms. The maximum atomic E-state index is 12.6. The Morgan fingerprint density at radius 2 is 2.00 bits per heavy atom. The van der Waals surface area contributed by atoms with Crippen LogP contribution in [0.15, 0.2) is 48.7 Å². The van der Waals surface area contributed by atoms with Crippen LogP contribution in [0.4, 0.5) is 11.4 Å². The number of nitrogens with one attached hydrogen (secondary N) is 2. The van der Waals surface area contributed by atoms with E-state index >= 15 is 0 Å². The number of nitro benzene ring substituents is 1. The number of esters is 1. The van der Waals surface area contributed by atoms with Gasteiger partial charge in [-0.05, 0) is 37.3 Å². The summed E-state index contributed by atoms with van der Waals surface area (Å²) >= 11 is 0. The monoisotopic (exact) mass is 369 g/mol. The molecular formula is C19H19N3O5. The Kier molecular flexibility index (Phi) is 5.25. The molecule has 140 valence electrons. The molecule has 1 heterocycles. The molecule has 8 nitrogen and oxygen atoms in total. The number of benzene rings is 2. The molecule has 3 rings (SSSR count). The summed E-state index contributed by atoms with van der Waals surface area (Å²) in [7, 11) is 1.57. The summed E-state index contributed by atoms with van der Waals surface area (Å²) < 4.78 is 10.3. The number of ether oxygens (including phenoxy) is 2. The fraction of sp³-hybridized carbons (Fsp3) is 0.211. The van der Waals surface area contributed by atoms with Gasteiger partial charge in [0.25, 0.3) is 5.69 Å². The number of aromatic nitrogens is 1. The molecule has 8 heteroatoms. The molecule has 1 atom stereocenters. The summed E-state index contributed by atoms with van der Waals surface area (Å²) in [6.07, 6.45) is 1.66. The van der Waals surface area contributed by atoms with Crippen molar-refractivity contribution in [2.24, 2.45) is 0 Å². The molecule has 1 aromatic heterocycles. The van der Waals surface area contributed by atoms with Crippen molar-refractivity contribution in [3.8, 4) is 5.75 Å². The highest BCUT2D eigenvalue weighted by molar-refractivity contribution is 5.92. The Hall–Kier alpha value is -3.55. The van der Waals surface area contributed by atoms with Crippen molar-refractivity contribution in [2.45, 2.75) is 13.0 Å². The lowest BCUT2D eigenvalue weighted by Crippen LogP contribution is -2.23. The van der Waals surface area contributed by atoms with Crippen LogP contribution >= 0.6 is 0 Å². The number of non-ortho nitro benzene ring substituents is 1. The number of anilines is 1. The summed E-state index contributed by atoms with van der Waals surface area (Å²) in [5.41, 5.74) is 1.91. The van der Waals surface area contributed by atoms with Crippen LogP contribution in [0.25, 0.3) is 10.9 Å². The molecule has 3 aromatic rings. The zero-order chi connectivity index (χ0) is 19.4. The van der Waals surface area contributed by atoms with Gasteiger partial charge in [0, 0.05) is 40.5 Å². The molecule has 0 amide bonds. The summed E-state index contributed by atoms with van der Waals surface area (Å²) in [5, 5.41) is 14.8. The van der Waals surface area contributed by atoms with Crippen LogP contribution in [0.5, 0.6) is 5.75 Å². The molecule has 0 aliphatic rings. The Balaban J connectivity index is 2.02. The number of hydrogen-bond donors (Lipinski definition) is 2. The molecule has 2 N–H and O–H groups in total. The topological polar surface area (TPSA) is 106 Å². The van der Waals surface area contributed by atoms with Crippen molar-refractivity contribution in [3.63, 3.8) is 0 Å². The van der Waals surface area contributed by atoms with E-state index in [1.807, 2.05) is 0 Å². The number of methoxy groups -OCH3 is 1. The van der Waals surface area contributed by atoms with Crippen LogP contribution in [-0.4, -0.2) is 29.6 Å². The van der Waals surface area contributed by atoms with Gasteiger partial charge in [-0.2, -0.15) is 0 Å². The number of hydrogen-bond acceptors (Lipinski definition) is 6. The third kappa shape index (κ3) is 3.84. The largest absolute Gasteiger partial charge is 0.497 e. The number of nitro groups is 1. The van der Waals surface area contributed by atoms with Crippen LogP contribution < -0.4 is 10.1 Å². The molecule has 0 saturated carbocycles. The summed E-state index contributed by atoms with van der Waals surface area (Å²) in [5.74, 6) is 0.219. The third-order valence-electron chi connectivity index (χ3n) is 4.14. The summed E-state index contributed by atoms with van der Waals surface area (Å²) in [6, 6.07) is 10.8. The molecule has 0 fully saturated rings. The number of nitrogens with zero attached hydrogens (tertiary/aromatic N) is 1. The molecule has 0 aliphatic carbocycles. The molecule has 27 heavy (non-hydrogen) atoms. The zero-order valence-electron chi connectivity index (χ0n) is 14.9. The molecule has 0 unspecified atom stereocenters. The van der Waals surface area contributed by atoms with Gasteiger partial charge in [-0.15, -0.1) is 0 Å². The van der Waals surface area contributed by atoms with Crippen LogP contribution in [0.2, 0.25) is 0 Å². The van der Waals surface area contributed by atoms with Gasteiger partial charge in [0.1, 0.15) is 5.75 Å². The fourth-order valence-electron chi connectivity index (χ4n) is 2.83. The molecule has 0 radical (unpaired) electrons. The van der Waals surface area contributed by atoms with Crippen molar-refractivity contribution < 1.29 is 19.2 Å². The van der Waals surface area contributed by atoms with E-state index in [0.29, 0.717) is 27.9 Å². The first-order valence-electron chi connectivity index (χ1n) is 8.36. The van der Waals surface area contributed by atoms with Crippen molar-refractivity contribution in [1.82, 2.24) is 4.98 Å². The van der Waals surface area contributed by atoms with Crippen LogP contribution in [0.1, 0.15) is 18.5 Å². The van der Waals surface area contributed by atoms with E-state index in [0.717, 1.165) is 0 Å². The minimum atomic E-state index is -0.825. The second-order valence-electron chi connectivity index (χ2n) is 5.79. The van der Waals surface area contributed by atoms with Gasteiger partial charge >= 0.3 is 5.97 Å². The Bertz CT molecular complexity index is 965. The van der Waals surface area contributed by atoms with E-state index in [9.17, 15) is 14.9 Å². The Morgan fingerprint density at radius 3 is 2.63 bits per heavy atom. The highest BCUT2D eigenvalue weighted by Crippen LogP contribution is 2.31. The fourth-order valence-corrected chi connectivity index (χ4v) is 2.83. The molecule has 0 spiro atoms. The predicted octanol–water partition coefficient (Wildman–Crippen LogP) is 3.80. The molecule has 0 saturated heterocycles. The van der Waals surface area contributed by atoms with E-state index in [-0.39, 0.29) is 12.3 Å². The Morgan fingerprint density at radius 1 is 1.26 bits per heavy atom. The standard InChI is InChI=1S/C19H19N3O5/c1-3-27-19(23)18(21-12-4-7-14(26-2)8-5-12)16-11-20-17-9-6-13(22(24)25)10-15(16)17/h4-11,18,20-21H,3H2,1-2H3/t18-/m0/s1. The van der Waals surface area contributed by atoms with E-state index < -0.39 is 16.9 Å². The van der Waals surface area contributed by atoms with Gasteiger partial charge in [-0.1, -0.05) is 0 Å². The SMILES string of the molecule is CCOC(=O)[C@@H](Nc1ccc(OC)cc1)c1c[nH]c2ccc([N+](=O)[O-])cc12. The summed E-state index contributed by atoms with van der Waals surface area (Å²) in [4.78, 5) is 26.3. The van der Waals surface area contributed by atoms with Crippen molar-refractivity contribution in [3.05, 3.63) is 64.3 Å². The number of fused-ring (bicyclic) bond motifs is 1. The quantitative estimate of drug-likeness (QED) is 0.373. The highest BCUT2D eigenvalue weighted by atomic mass is 16.6. The smallest absolute Gasteiger partial charge is 0.333 e. The summed E-state index contributed by atoms with van der Waals surface area (Å²) in [6.45, 7) is 1.95. The van der Waals surface area contributed by atoms with E-state index in [4.69, 9.17) is 9.47 Å². The van der Waals surface area contributed by atoms with Crippen molar-refractivity contribution in [2.75, 3.05) is 19.0 Å². The normalized spacial score (nSPS) is 11.8. The lowest BCUT2D eigenvalue weighted by molar-refractivity contribution is -0.384. The third-order valence-corrected chi connectivity index (χ3v) is 4.14. The number of H-pyrrole nitrogens is 1.